The summed E-state index contributed by atoms with van der Waals surface area (Å²) in [6, 6.07) is 6.67. The lowest BCUT2D eigenvalue weighted by Gasteiger charge is -2.35. The molecule has 2 aromatic rings. The number of hydrogen-bond donors (Lipinski definition) is 0. The number of esters is 1. The number of aromatic nitrogens is 2. The molecule has 10 heteroatoms. The molecule has 10 nitrogen and oxygen atoms in total. The van der Waals surface area contributed by atoms with Crippen molar-refractivity contribution in [3.8, 4) is 17.1 Å². The molecule has 0 atom stereocenters. The lowest BCUT2D eigenvalue weighted by Crippen LogP contribution is -2.49. The second kappa shape index (κ2) is 8.37. The summed E-state index contributed by atoms with van der Waals surface area (Å²) in [6.45, 7) is -0.701. The van der Waals surface area contributed by atoms with Gasteiger partial charge in [-0.25, -0.2) is 4.79 Å². The first-order valence-corrected chi connectivity index (χ1v) is 10.2. The third-order valence-electron chi connectivity index (χ3n) is 5.92. The molecule has 2 heterocycles. The van der Waals surface area contributed by atoms with Gasteiger partial charge in [-0.3, -0.25) is 14.5 Å². The molecule has 164 valence electrons. The first kappa shape index (κ1) is 20.8. The third kappa shape index (κ3) is 3.85. The highest BCUT2D eigenvalue weighted by Crippen LogP contribution is 2.39. The van der Waals surface area contributed by atoms with E-state index in [0.29, 0.717) is 30.0 Å². The Morgan fingerprint density at radius 3 is 2.74 bits per heavy atom. The van der Waals surface area contributed by atoms with Crippen LogP contribution < -0.4 is 4.74 Å². The van der Waals surface area contributed by atoms with Crippen LogP contribution in [0.4, 0.5) is 4.79 Å². The SMILES string of the molecule is COc1cccc(-c2noc(COC(=O)CN3C(=O)N(C)C4(CCCCC4)C3=O)n2)c1. The Bertz CT molecular complexity index is 997. The van der Waals surface area contributed by atoms with Crippen molar-refractivity contribution in [3.63, 3.8) is 0 Å². The minimum Gasteiger partial charge on any atom is -0.497 e. The van der Waals surface area contributed by atoms with Crippen molar-refractivity contribution in [2.75, 3.05) is 20.7 Å². The van der Waals surface area contributed by atoms with Gasteiger partial charge >= 0.3 is 12.0 Å². The second-order valence-corrected chi connectivity index (χ2v) is 7.73. The monoisotopic (exact) mass is 428 g/mol. The van der Waals surface area contributed by atoms with E-state index in [-0.39, 0.29) is 18.4 Å². The van der Waals surface area contributed by atoms with Gasteiger partial charge in [0.2, 0.25) is 5.82 Å². The summed E-state index contributed by atoms with van der Waals surface area (Å²) in [5.74, 6) is 0.0385. The number of methoxy groups -OCH3 is 1. The predicted molar refractivity (Wildman–Crippen MR) is 107 cm³/mol. The molecule has 0 radical (unpaired) electrons. The molecule has 0 bridgehead atoms. The van der Waals surface area contributed by atoms with E-state index in [1.54, 1.807) is 38.4 Å². The summed E-state index contributed by atoms with van der Waals surface area (Å²) < 4.78 is 15.5. The van der Waals surface area contributed by atoms with E-state index in [1.807, 2.05) is 0 Å². The van der Waals surface area contributed by atoms with Crippen LogP contribution in [-0.2, 0) is 20.9 Å². The molecule has 1 aliphatic carbocycles. The van der Waals surface area contributed by atoms with Crippen molar-refractivity contribution >= 4 is 17.9 Å². The van der Waals surface area contributed by atoms with Crippen LogP contribution in [0.5, 0.6) is 5.75 Å². The van der Waals surface area contributed by atoms with Crippen LogP contribution >= 0.6 is 0 Å². The molecule has 3 amide bonds. The average Bonchev–Trinajstić information content (AvgIpc) is 3.34. The van der Waals surface area contributed by atoms with Gasteiger partial charge in [0, 0.05) is 12.6 Å². The van der Waals surface area contributed by atoms with Gasteiger partial charge in [0.05, 0.1) is 7.11 Å². The number of likely N-dealkylation sites (N-methyl/N-ethyl adjacent to an activating group) is 1. The molecular formula is C21H24N4O6. The first-order valence-electron chi connectivity index (χ1n) is 10.2. The van der Waals surface area contributed by atoms with Crippen LogP contribution in [0.3, 0.4) is 0 Å². The minimum absolute atomic E-state index is 0.103. The summed E-state index contributed by atoms with van der Waals surface area (Å²) in [4.78, 5) is 44.5. The zero-order chi connectivity index (χ0) is 22.0. The van der Waals surface area contributed by atoms with Crippen LogP contribution in [0.1, 0.15) is 38.0 Å². The number of carbonyl (C=O) groups excluding carboxylic acids is 3. The van der Waals surface area contributed by atoms with E-state index in [4.69, 9.17) is 14.0 Å². The van der Waals surface area contributed by atoms with Crippen LogP contribution in [0, 0.1) is 0 Å². The summed E-state index contributed by atoms with van der Waals surface area (Å²) in [5, 5.41) is 3.88. The highest BCUT2D eigenvalue weighted by atomic mass is 16.6. The zero-order valence-corrected chi connectivity index (χ0v) is 17.5. The van der Waals surface area contributed by atoms with E-state index in [0.717, 1.165) is 24.2 Å². The maximum absolute atomic E-state index is 12.9. The van der Waals surface area contributed by atoms with E-state index in [2.05, 4.69) is 10.1 Å². The van der Waals surface area contributed by atoms with Gasteiger partial charge in [-0.2, -0.15) is 4.98 Å². The van der Waals surface area contributed by atoms with Gasteiger partial charge in [-0.1, -0.05) is 36.6 Å². The summed E-state index contributed by atoms with van der Waals surface area (Å²) in [5.41, 5.74) is -0.136. The molecule has 1 spiro atoms. The Morgan fingerprint density at radius 2 is 2.00 bits per heavy atom. The van der Waals surface area contributed by atoms with E-state index in [1.165, 1.54) is 4.90 Å². The molecular weight excluding hydrogens is 404 g/mol. The van der Waals surface area contributed by atoms with Crippen molar-refractivity contribution in [3.05, 3.63) is 30.2 Å². The fraction of sp³-hybridized carbons (Fsp3) is 0.476. The van der Waals surface area contributed by atoms with Crippen molar-refractivity contribution in [1.29, 1.82) is 0 Å². The standard InChI is InChI=1S/C21H24N4O6/c1-24-20(28)25(19(27)21(24)9-4-3-5-10-21)12-17(26)30-13-16-22-18(23-31-16)14-7-6-8-15(11-14)29-2/h6-8,11H,3-5,9-10,12-13H2,1-2H3. The highest BCUT2D eigenvalue weighted by Gasteiger charge is 2.55. The molecule has 1 saturated carbocycles. The largest absolute Gasteiger partial charge is 0.497 e. The smallest absolute Gasteiger partial charge is 0.327 e. The van der Waals surface area contributed by atoms with Gasteiger partial charge < -0.3 is 18.9 Å². The molecule has 0 N–H and O–H groups in total. The lowest BCUT2D eigenvalue weighted by molar-refractivity contribution is -0.149. The molecule has 0 unspecified atom stereocenters. The first-order chi connectivity index (χ1) is 14.9. The Kier molecular flexibility index (Phi) is 5.62. The number of nitrogens with zero attached hydrogens (tertiary/aromatic N) is 4. The highest BCUT2D eigenvalue weighted by molar-refractivity contribution is 6.08. The Morgan fingerprint density at radius 1 is 1.23 bits per heavy atom. The Labute approximate surface area is 179 Å². The Hall–Kier alpha value is -3.43. The van der Waals surface area contributed by atoms with Gasteiger partial charge in [-0.05, 0) is 25.0 Å². The number of rotatable bonds is 6. The molecule has 31 heavy (non-hydrogen) atoms. The average molecular weight is 428 g/mol. The van der Waals surface area contributed by atoms with Crippen LogP contribution in [-0.4, -0.2) is 64.1 Å². The summed E-state index contributed by atoms with van der Waals surface area (Å²) in [7, 11) is 3.18. The van der Waals surface area contributed by atoms with Crippen molar-refractivity contribution in [1.82, 2.24) is 19.9 Å². The van der Waals surface area contributed by atoms with E-state index >= 15 is 0 Å². The van der Waals surface area contributed by atoms with Crippen LogP contribution in [0.25, 0.3) is 11.4 Å². The van der Waals surface area contributed by atoms with Crippen molar-refractivity contribution in [2.45, 2.75) is 44.2 Å². The summed E-state index contributed by atoms with van der Waals surface area (Å²) in [6.07, 6.45) is 4.05. The van der Waals surface area contributed by atoms with Crippen LogP contribution in [0.15, 0.2) is 28.8 Å². The minimum atomic E-state index is -0.826. The maximum atomic E-state index is 12.9. The molecule has 4 rings (SSSR count). The fourth-order valence-electron chi connectivity index (χ4n) is 4.18. The predicted octanol–water partition coefficient (Wildman–Crippen LogP) is 2.39. The quantitative estimate of drug-likeness (QED) is 0.509. The number of benzene rings is 1. The molecule has 1 aromatic heterocycles. The molecule has 2 aliphatic rings. The number of amides is 3. The number of carbonyl (C=O) groups is 3. The van der Waals surface area contributed by atoms with Crippen LogP contribution in [0.2, 0.25) is 0 Å². The molecule has 2 fully saturated rings. The topological polar surface area (TPSA) is 115 Å². The zero-order valence-electron chi connectivity index (χ0n) is 17.5. The third-order valence-corrected chi connectivity index (χ3v) is 5.92. The van der Waals surface area contributed by atoms with E-state index < -0.39 is 24.1 Å². The Balaban J connectivity index is 1.36. The number of imide groups is 1. The van der Waals surface area contributed by atoms with Crippen molar-refractivity contribution in [2.24, 2.45) is 0 Å². The fourth-order valence-corrected chi connectivity index (χ4v) is 4.18. The van der Waals surface area contributed by atoms with E-state index in [9.17, 15) is 14.4 Å². The summed E-state index contributed by atoms with van der Waals surface area (Å²) >= 11 is 0. The van der Waals surface area contributed by atoms with Gasteiger partial charge in [-0.15, -0.1) is 0 Å². The number of urea groups is 1. The molecule has 1 aromatic carbocycles. The number of hydrogen-bond acceptors (Lipinski definition) is 8. The lowest BCUT2D eigenvalue weighted by atomic mass is 9.81. The van der Waals surface area contributed by atoms with Crippen molar-refractivity contribution < 1.29 is 28.4 Å². The molecule has 1 aliphatic heterocycles. The molecule has 1 saturated heterocycles. The number of ether oxygens (including phenoxy) is 2. The normalized spacial score (nSPS) is 18.0. The second-order valence-electron chi connectivity index (χ2n) is 7.73. The van der Waals surface area contributed by atoms with Gasteiger partial charge in [0.1, 0.15) is 17.8 Å². The van der Waals surface area contributed by atoms with Gasteiger partial charge in [0.25, 0.3) is 11.8 Å². The van der Waals surface area contributed by atoms with Gasteiger partial charge in [0.15, 0.2) is 6.61 Å². The maximum Gasteiger partial charge on any atom is 0.327 e.